The summed E-state index contributed by atoms with van der Waals surface area (Å²) in [7, 11) is 1.60. The van der Waals surface area contributed by atoms with E-state index in [2.05, 4.69) is 10.3 Å². The summed E-state index contributed by atoms with van der Waals surface area (Å²) in [5, 5.41) is 2.82. The number of hydrogen-bond donors (Lipinski definition) is 1. The van der Waals surface area contributed by atoms with Crippen molar-refractivity contribution in [3.63, 3.8) is 0 Å². The van der Waals surface area contributed by atoms with Gasteiger partial charge in [-0.1, -0.05) is 0 Å². The molecule has 32 heavy (non-hydrogen) atoms. The Balaban J connectivity index is 1.61. The van der Waals surface area contributed by atoms with Crippen molar-refractivity contribution in [2.45, 2.75) is 19.8 Å². The number of benzene rings is 2. The minimum Gasteiger partial charge on any atom is -0.497 e. The predicted octanol–water partition coefficient (Wildman–Crippen LogP) is 3.88. The van der Waals surface area contributed by atoms with Gasteiger partial charge in [-0.3, -0.25) is 19.5 Å². The van der Waals surface area contributed by atoms with E-state index in [0.29, 0.717) is 23.9 Å². The number of hydrogen-bond acceptors (Lipinski definition) is 4. The van der Waals surface area contributed by atoms with Crippen LogP contribution in [0.15, 0.2) is 54.7 Å². The van der Waals surface area contributed by atoms with Gasteiger partial charge in [0.2, 0.25) is 17.8 Å². The average Bonchev–Trinajstić information content (AvgIpc) is 3.58. The van der Waals surface area contributed by atoms with E-state index in [1.54, 1.807) is 34.9 Å². The molecular formula is C24H25FN4O3. The molecule has 1 aliphatic carbocycles. The first kappa shape index (κ1) is 21.5. The Kier molecular flexibility index (Phi) is 6.20. The molecule has 0 aliphatic heterocycles. The van der Waals surface area contributed by atoms with Gasteiger partial charge in [0.05, 0.1) is 19.3 Å². The van der Waals surface area contributed by atoms with E-state index in [0.717, 1.165) is 24.2 Å². The zero-order valence-electron chi connectivity index (χ0n) is 18.0. The van der Waals surface area contributed by atoms with Crippen LogP contribution in [0.3, 0.4) is 0 Å². The van der Waals surface area contributed by atoms with E-state index < -0.39 is 0 Å². The first-order chi connectivity index (χ1) is 15.5. The van der Waals surface area contributed by atoms with E-state index in [9.17, 15) is 14.0 Å². The van der Waals surface area contributed by atoms with Gasteiger partial charge in [-0.15, -0.1) is 0 Å². The Morgan fingerprint density at radius 2 is 1.84 bits per heavy atom. The molecule has 1 aromatic heterocycles. The molecule has 8 heteroatoms. The lowest BCUT2D eigenvalue weighted by molar-refractivity contribution is -0.135. The molecule has 1 N–H and O–H groups in total. The molecule has 1 heterocycles. The average molecular weight is 436 g/mol. The normalized spacial score (nSPS) is 13.0. The lowest BCUT2D eigenvalue weighted by Crippen LogP contribution is -2.39. The maximum atomic E-state index is 13.4. The summed E-state index contributed by atoms with van der Waals surface area (Å²) < 4.78 is 20.3. The largest absolute Gasteiger partial charge is 0.497 e. The second-order valence-corrected chi connectivity index (χ2v) is 7.70. The van der Waals surface area contributed by atoms with Gasteiger partial charge in [0.15, 0.2) is 0 Å². The molecule has 1 fully saturated rings. The zero-order valence-corrected chi connectivity index (χ0v) is 18.0. The number of nitrogens with one attached hydrogen (secondary N) is 1. The molecule has 1 aliphatic rings. The second-order valence-electron chi connectivity index (χ2n) is 7.70. The fourth-order valence-corrected chi connectivity index (χ4v) is 3.44. The molecule has 1 saturated carbocycles. The number of aromatic nitrogens is 2. The Morgan fingerprint density at radius 3 is 2.44 bits per heavy atom. The molecule has 4 rings (SSSR count). The third-order valence-corrected chi connectivity index (χ3v) is 5.40. The van der Waals surface area contributed by atoms with Gasteiger partial charge in [-0.05, 0) is 68.3 Å². The monoisotopic (exact) mass is 436 g/mol. The van der Waals surface area contributed by atoms with Crippen LogP contribution in [-0.4, -0.2) is 46.5 Å². The molecular weight excluding hydrogens is 411 g/mol. The highest BCUT2D eigenvalue weighted by Gasteiger charge is 2.33. The van der Waals surface area contributed by atoms with Gasteiger partial charge >= 0.3 is 0 Å². The van der Waals surface area contributed by atoms with Crippen LogP contribution in [0.25, 0.3) is 16.9 Å². The molecule has 3 aromatic rings. The molecule has 0 radical (unpaired) electrons. The Hall–Kier alpha value is -3.68. The van der Waals surface area contributed by atoms with Gasteiger partial charge in [0, 0.05) is 29.9 Å². The highest BCUT2D eigenvalue weighted by molar-refractivity contribution is 5.94. The van der Waals surface area contributed by atoms with Crippen LogP contribution in [0.5, 0.6) is 5.75 Å². The molecule has 7 nitrogen and oxygen atoms in total. The van der Waals surface area contributed by atoms with Crippen molar-refractivity contribution in [3.05, 3.63) is 60.5 Å². The highest BCUT2D eigenvalue weighted by Crippen LogP contribution is 2.31. The first-order valence-corrected chi connectivity index (χ1v) is 10.6. The van der Waals surface area contributed by atoms with Crippen LogP contribution in [0, 0.1) is 11.7 Å². The Bertz CT molecular complexity index is 1110. The number of methoxy groups -OCH3 is 1. The standard InChI is InChI=1S/C24H25FN4O3/c1-3-28(23(31)17-4-5-17)15-22(30)27-24-26-21(16-6-12-20(32-2)13-7-16)14-29(24)19-10-8-18(25)9-11-19/h6-14,17H,3-5,15H2,1-2H3,(H,26,27,30). The van der Waals surface area contributed by atoms with E-state index in [1.807, 2.05) is 31.2 Å². The summed E-state index contributed by atoms with van der Waals surface area (Å²) in [6.45, 7) is 2.28. The molecule has 0 saturated heterocycles. The number of anilines is 1. The van der Waals surface area contributed by atoms with E-state index >= 15 is 0 Å². The molecule has 0 unspecified atom stereocenters. The van der Waals surface area contributed by atoms with Crippen LogP contribution in [0.4, 0.5) is 10.3 Å². The van der Waals surface area contributed by atoms with Crippen molar-refractivity contribution >= 4 is 17.8 Å². The number of imidazole rings is 1. The number of amides is 2. The second kappa shape index (κ2) is 9.21. The van der Waals surface area contributed by atoms with Crippen LogP contribution < -0.4 is 10.1 Å². The third kappa shape index (κ3) is 4.80. The van der Waals surface area contributed by atoms with Crippen molar-refractivity contribution < 1.29 is 18.7 Å². The molecule has 0 bridgehead atoms. The van der Waals surface area contributed by atoms with Crippen LogP contribution in [0.1, 0.15) is 19.8 Å². The van der Waals surface area contributed by atoms with Gasteiger partial charge in [-0.2, -0.15) is 0 Å². The zero-order chi connectivity index (χ0) is 22.7. The predicted molar refractivity (Wildman–Crippen MR) is 119 cm³/mol. The summed E-state index contributed by atoms with van der Waals surface area (Å²) in [6, 6.07) is 13.3. The Labute approximate surface area is 185 Å². The Morgan fingerprint density at radius 1 is 1.16 bits per heavy atom. The summed E-state index contributed by atoms with van der Waals surface area (Å²) in [5.41, 5.74) is 2.12. The fraction of sp³-hybridized carbons (Fsp3) is 0.292. The highest BCUT2D eigenvalue weighted by atomic mass is 19.1. The molecule has 0 spiro atoms. The molecule has 0 atom stereocenters. The van der Waals surface area contributed by atoms with Gasteiger partial charge in [0.25, 0.3) is 0 Å². The van der Waals surface area contributed by atoms with Crippen LogP contribution in [-0.2, 0) is 9.59 Å². The van der Waals surface area contributed by atoms with E-state index in [4.69, 9.17) is 4.74 Å². The summed E-state index contributed by atoms with van der Waals surface area (Å²) in [4.78, 5) is 31.3. The maximum absolute atomic E-state index is 13.4. The molecule has 2 aromatic carbocycles. The van der Waals surface area contributed by atoms with Gasteiger partial charge < -0.3 is 9.64 Å². The number of carbonyl (C=O) groups excluding carboxylic acids is 2. The van der Waals surface area contributed by atoms with Crippen LogP contribution in [0.2, 0.25) is 0 Å². The number of ether oxygens (including phenoxy) is 1. The minimum atomic E-state index is -0.355. The maximum Gasteiger partial charge on any atom is 0.246 e. The minimum absolute atomic E-state index is 0.0171. The SMILES string of the molecule is CCN(CC(=O)Nc1nc(-c2ccc(OC)cc2)cn1-c1ccc(F)cc1)C(=O)C1CC1. The molecule has 2 amide bonds. The van der Waals surface area contributed by atoms with Crippen molar-refractivity contribution in [3.8, 4) is 22.7 Å². The lowest BCUT2D eigenvalue weighted by atomic mass is 10.1. The number of halogens is 1. The van der Waals surface area contributed by atoms with Crippen LogP contribution >= 0.6 is 0 Å². The number of likely N-dealkylation sites (N-methyl/N-ethyl adjacent to an activating group) is 1. The van der Waals surface area contributed by atoms with Gasteiger partial charge in [0.1, 0.15) is 11.6 Å². The third-order valence-electron chi connectivity index (χ3n) is 5.40. The van der Waals surface area contributed by atoms with E-state index in [1.165, 1.54) is 12.1 Å². The van der Waals surface area contributed by atoms with Crippen molar-refractivity contribution in [1.29, 1.82) is 0 Å². The van der Waals surface area contributed by atoms with E-state index in [-0.39, 0.29) is 30.1 Å². The topological polar surface area (TPSA) is 76.5 Å². The summed E-state index contributed by atoms with van der Waals surface area (Å²) in [5.74, 6) is 0.389. The molecule has 166 valence electrons. The first-order valence-electron chi connectivity index (χ1n) is 10.6. The van der Waals surface area contributed by atoms with Gasteiger partial charge in [-0.25, -0.2) is 9.37 Å². The van der Waals surface area contributed by atoms with Crippen molar-refractivity contribution in [2.75, 3.05) is 25.5 Å². The summed E-state index contributed by atoms with van der Waals surface area (Å²) in [6.07, 6.45) is 3.55. The number of carbonyl (C=O) groups is 2. The van der Waals surface area contributed by atoms with Crippen molar-refractivity contribution in [1.82, 2.24) is 14.5 Å². The summed E-state index contributed by atoms with van der Waals surface area (Å²) >= 11 is 0. The quantitative estimate of drug-likeness (QED) is 0.581. The fourth-order valence-electron chi connectivity index (χ4n) is 3.44. The smallest absolute Gasteiger partial charge is 0.246 e. The number of rotatable bonds is 8. The number of nitrogens with zero attached hydrogens (tertiary/aromatic N) is 3. The van der Waals surface area contributed by atoms with Crippen molar-refractivity contribution in [2.24, 2.45) is 5.92 Å². The lowest BCUT2D eigenvalue weighted by Gasteiger charge is -2.20.